The predicted octanol–water partition coefficient (Wildman–Crippen LogP) is 1.98. The van der Waals surface area contributed by atoms with E-state index in [1.165, 1.54) is 5.56 Å². The second kappa shape index (κ2) is 6.57. The van der Waals surface area contributed by atoms with E-state index in [2.05, 4.69) is 36.0 Å². The third kappa shape index (κ3) is 3.37. The molecule has 0 aliphatic carbocycles. The highest BCUT2D eigenvalue weighted by atomic mass is 16.3. The minimum atomic E-state index is -0.105. The SMILES string of the molecule is CCC(CO)Nc1nc(Nc2ccc(C)cc2)c2n[nH]nc2n1. The molecule has 1 unspecified atom stereocenters. The zero-order valence-corrected chi connectivity index (χ0v) is 13.0. The van der Waals surface area contributed by atoms with Crippen LogP contribution in [0.3, 0.4) is 0 Å². The second-order valence-electron chi connectivity index (χ2n) is 5.31. The van der Waals surface area contributed by atoms with Gasteiger partial charge in [-0.1, -0.05) is 24.6 Å². The van der Waals surface area contributed by atoms with Gasteiger partial charge in [-0.2, -0.15) is 20.3 Å². The Labute approximate surface area is 133 Å². The number of aliphatic hydroxyl groups excluding tert-OH is 1. The van der Waals surface area contributed by atoms with Crippen molar-refractivity contribution in [1.29, 1.82) is 0 Å². The number of aliphatic hydroxyl groups is 1. The molecule has 0 aliphatic rings. The molecule has 0 saturated carbocycles. The van der Waals surface area contributed by atoms with Crippen LogP contribution in [0.5, 0.6) is 0 Å². The first-order valence-electron chi connectivity index (χ1n) is 7.49. The number of nitrogens with zero attached hydrogens (tertiary/aromatic N) is 4. The van der Waals surface area contributed by atoms with Gasteiger partial charge in [0, 0.05) is 5.69 Å². The summed E-state index contributed by atoms with van der Waals surface area (Å²) in [5, 5.41) is 26.3. The van der Waals surface area contributed by atoms with Gasteiger partial charge in [0.1, 0.15) is 0 Å². The lowest BCUT2D eigenvalue weighted by Gasteiger charge is -2.14. The molecule has 0 bridgehead atoms. The Kier molecular flexibility index (Phi) is 4.33. The Morgan fingerprint density at radius 1 is 1.17 bits per heavy atom. The van der Waals surface area contributed by atoms with Gasteiger partial charge in [0.25, 0.3) is 0 Å². The number of aromatic amines is 1. The minimum Gasteiger partial charge on any atom is -0.394 e. The van der Waals surface area contributed by atoms with Gasteiger partial charge in [-0.15, -0.1) is 5.10 Å². The summed E-state index contributed by atoms with van der Waals surface area (Å²) >= 11 is 0. The molecule has 0 spiro atoms. The monoisotopic (exact) mass is 313 g/mol. The summed E-state index contributed by atoms with van der Waals surface area (Å²) in [6, 6.07) is 7.87. The second-order valence-corrected chi connectivity index (χ2v) is 5.31. The molecule has 3 aromatic rings. The highest BCUT2D eigenvalue weighted by molar-refractivity contribution is 5.85. The number of H-pyrrole nitrogens is 1. The van der Waals surface area contributed by atoms with Gasteiger partial charge >= 0.3 is 0 Å². The molecule has 1 atom stereocenters. The molecule has 120 valence electrons. The molecule has 0 aliphatic heterocycles. The Bertz CT molecular complexity index is 780. The van der Waals surface area contributed by atoms with Gasteiger partial charge in [0.2, 0.25) is 11.6 Å². The number of hydrogen-bond donors (Lipinski definition) is 4. The number of fused-ring (bicyclic) bond motifs is 1. The molecule has 0 amide bonds. The van der Waals surface area contributed by atoms with E-state index in [0.717, 1.165) is 12.1 Å². The van der Waals surface area contributed by atoms with Crippen LogP contribution in [0, 0.1) is 6.92 Å². The predicted molar refractivity (Wildman–Crippen MR) is 88.7 cm³/mol. The molecule has 8 nitrogen and oxygen atoms in total. The van der Waals surface area contributed by atoms with Gasteiger partial charge in [0.05, 0.1) is 12.6 Å². The van der Waals surface area contributed by atoms with Crippen molar-refractivity contribution in [3.8, 4) is 0 Å². The zero-order chi connectivity index (χ0) is 16.2. The largest absolute Gasteiger partial charge is 0.394 e. The quantitative estimate of drug-likeness (QED) is 0.550. The fourth-order valence-corrected chi connectivity index (χ4v) is 2.13. The molecule has 0 fully saturated rings. The van der Waals surface area contributed by atoms with Crippen LogP contribution in [-0.4, -0.2) is 43.1 Å². The van der Waals surface area contributed by atoms with Crippen LogP contribution in [0.4, 0.5) is 17.5 Å². The number of nitrogens with one attached hydrogen (secondary N) is 3. The highest BCUT2D eigenvalue weighted by Gasteiger charge is 2.14. The molecule has 2 aromatic heterocycles. The van der Waals surface area contributed by atoms with E-state index in [-0.39, 0.29) is 12.6 Å². The van der Waals surface area contributed by atoms with Crippen LogP contribution >= 0.6 is 0 Å². The van der Waals surface area contributed by atoms with Crippen molar-refractivity contribution in [2.45, 2.75) is 26.3 Å². The minimum absolute atomic E-state index is 0.0113. The molecule has 0 saturated heterocycles. The number of hydrogen-bond acceptors (Lipinski definition) is 7. The average Bonchev–Trinajstić information content (AvgIpc) is 3.03. The highest BCUT2D eigenvalue weighted by Crippen LogP contribution is 2.22. The van der Waals surface area contributed by atoms with Gasteiger partial charge in [-0.05, 0) is 25.5 Å². The van der Waals surface area contributed by atoms with E-state index >= 15 is 0 Å². The molecule has 1 aromatic carbocycles. The molecule has 23 heavy (non-hydrogen) atoms. The van der Waals surface area contributed by atoms with E-state index < -0.39 is 0 Å². The lowest BCUT2D eigenvalue weighted by atomic mass is 10.2. The third-order valence-corrected chi connectivity index (χ3v) is 3.54. The maximum absolute atomic E-state index is 9.32. The summed E-state index contributed by atoms with van der Waals surface area (Å²) < 4.78 is 0. The maximum Gasteiger partial charge on any atom is 0.227 e. The first-order valence-corrected chi connectivity index (χ1v) is 7.49. The van der Waals surface area contributed by atoms with Crippen LogP contribution in [0.15, 0.2) is 24.3 Å². The molecule has 3 rings (SSSR count). The molecule has 4 N–H and O–H groups in total. The summed E-state index contributed by atoms with van der Waals surface area (Å²) in [4.78, 5) is 8.77. The van der Waals surface area contributed by atoms with E-state index in [1.807, 2.05) is 38.1 Å². The van der Waals surface area contributed by atoms with Crippen molar-refractivity contribution < 1.29 is 5.11 Å². The van der Waals surface area contributed by atoms with Gasteiger partial charge in [-0.3, -0.25) is 0 Å². The number of aromatic nitrogens is 5. The lowest BCUT2D eigenvalue weighted by Crippen LogP contribution is -2.24. The van der Waals surface area contributed by atoms with Crippen LogP contribution in [0.1, 0.15) is 18.9 Å². The van der Waals surface area contributed by atoms with Gasteiger partial charge in [0.15, 0.2) is 11.3 Å². The maximum atomic E-state index is 9.32. The Morgan fingerprint density at radius 2 is 1.96 bits per heavy atom. The van der Waals surface area contributed by atoms with Crippen LogP contribution in [-0.2, 0) is 0 Å². The zero-order valence-electron chi connectivity index (χ0n) is 13.0. The van der Waals surface area contributed by atoms with E-state index in [0.29, 0.717) is 22.9 Å². The first kappa shape index (κ1) is 15.2. The Hall–Kier alpha value is -2.74. The van der Waals surface area contributed by atoms with E-state index in [1.54, 1.807) is 0 Å². The summed E-state index contributed by atoms with van der Waals surface area (Å²) in [7, 11) is 0. The standard InChI is InChI=1S/C15H19N7O/c1-3-10(8-23)17-15-18-13(12-14(19-15)21-22-20-12)16-11-6-4-9(2)5-7-11/h4-7,10,23H,3,8H2,1-2H3,(H3,16,17,18,19,20,21,22). The topological polar surface area (TPSA) is 112 Å². The Morgan fingerprint density at radius 3 is 2.65 bits per heavy atom. The van der Waals surface area contributed by atoms with E-state index in [9.17, 15) is 5.11 Å². The average molecular weight is 313 g/mol. The van der Waals surface area contributed by atoms with Crippen LogP contribution in [0.25, 0.3) is 11.2 Å². The number of rotatable bonds is 6. The van der Waals surface area contributed by atoms with E-state index in [4.69, 9.17) is 0 Å². The van der Waals surface area contributed by atoms with Crippen molar-refractivity contribution in [1.82, 2.24) is 25.4 Å². The first-order chi connectivity index (χ1) is 11.2. The fourth-order valence-electron chi connectivity index (χ4n) is 2.13. The van der Waals surface area contributed by atoms with Crippen molar-refractivity contribution in [2.75, 3.05) is 17.2 Å². The van der Waals surface area contributed by atoms with Crippen molar-refractivity contribution >= 4 is 28.6 Å². The van der Waals surface area contributed by atoms with Crippen molar-refractivity contribution in [2.24, 2.45) is 0 Å². The molecular formula is C15H19N7O. The fraction of sp³-hybridized carbons (Fsp3) is 0.333. The molecule has 2 heterocycles. The van der Waals surface area contributed by atoms with Gasteiger partial charge in [-0.25, -0.2) is 0 Å². The van der Waals surface area contributed by atoms with Crippen molar-refractivity contribution in [3.63, 3.8) is 0 Å². The number of anilines is 3. The number of aryl methyl sites for hydroxylation is 1. The smallest absolute Gasteiger partial charge is 0.227 e. The number of benzene rings is 1. The van der Waals surface area contributed by atoms with Crippen LogP contribution in [0.2, 0.25) is 0 Å². The van der Waals surface area contributed by atoms with Crippen LogP contribution < -0.4 is 10.6 Å². The summed E-state index contributed by atoms with van der Waals surface area (Å²) in [6.07, 6.45) is 0.761. The normalized spacial score (nSPS) is 12.3. The summed E-state index contributed by atoms with van der Waals surface area (Å²) in [6.45, 7) is 4.03. The molecule has 0 radical (unpaired) electrons. The van der Waals surface area contributed by atoms with Crippen molar-refractivity contribution in [3.05, 3.63) is 29.8 Å². The molecule has 8 heteroatoms. The molecular weight excluding hydrogens is 294 g/mol. The third-order valence-electron chi connectivity index (χ3n) is 3.54. The summed E-state index contributed by atoms with van der Waals surface area (Å²) in [5.41, 5.74) is 3.11. The Balaban J connectivity index is 1.94. The van der Waals surface area contributed by atoms with Gasteiger partial charge < -0.3 is 15.7 Å². The lowest BCUT2D eigenvalue weighted by molar-refractivity contribution is 0.271. The summed E-state index contributed by atoms with van der Waals surface area (Å²) in [5.74, 6) is 0.963.